The highest BCUT2D eigenvalue weighted by molar-refractivity contribution is 9.09. The molecular weight excluding hydrogens is 144 g/mol. The average molecular weight is 149 g/mol. The molecule has 1 heterocycles. The van der Waals surface area contributed by atoms with Crippen molar-refractivity contribution in [2.24, 2.45) is 10.2 Å². The van der Waals surface area contributed by atoms with Crippen LogP contribution in [0.4, 0.5) is 0 Å². The highest BCUT2D eigenvalue weighted by Crippen LogP contribution is 2.06. The van der Waals surface area contributed by atoms with E-state index in [0.29, 0.717) is 4.83 Å². The fourth-order valence-electron chi connectivity index (χ4n) is 0.350. The summed E-state index contributed by atoms with van der Waals surface area (Å²) in [6.45, 7) is 1.72. The Balaban J connectivity index is 2.32. The molecule has 0 aromatic rings. The van der Waals surface area contributed by atoms with Gasteiger partial charge < -0.3 is 0 Å². The summed E-state index contributed by atoms with van der Waals surface area (Å²) in [7, 11) is 0. The second kappa shape index (κ2) is 1.69. The van der Waals surface area contributed by atoms with E-state index in [1.54, 1.807) is 0 Å². The Morgan fingerprint density at radius 2 is 1.83 bits per heavy atom. The van der Waals surface area contributed by atoms with E-state index < -0.39 is 0 Å². The van der Waals surface area contributed by atoms with Gasteiger partial charge in [0.2, 0.25) is 0 Å². The predicted octanol–water partition coefficient (Wildman–Crippen LogP) is 1.22. The van der Waals surface area contributed by atoms with Crippen molar-refractivity contribution >= 4 is 15.9 Å². The molecule has 0 aromatic carbocycles. The zero-order valence-corrected chi connectivity index (χ0v) is 4.85. The molecule has 1 aliphatic rings. The number of hydrogen-bond donors (Lipinski definition) is 0. The fraction of sp³-hybridized carbons (Fsp3) is 1.00. The van der Waals surface area contributed by atoms with Gasteiger partial charge in [-0.05, 0) is 0 Å². The van der Waals surface area contributed by atoms with Gasteiger partial charge in [0.25, 0.3) is 0 Å². The molecule has 0 radical (unpaired) electrons. The van der Waals surface area contributed by atoms with Crippen molar-refractivity contribution in [3.05, 3.63) is 0 Å². The summed E-state index contributed by atoms with van der Waals surface area (Å²) >= 11 is 3.35. The average Bonchev–Trinajstić information content (AvgIpc) is 1.86. The monoisotopic (exact) mass is 148 g/mol. The molecule has 0 saturated heterocycles. The van der Waals surface area contributed by atoms with E-state index in [2.05, 4.69) is 26.2 Å². The minimum Gasteiger partial charge on any atom is -0.193 e. The van der Waals surface area contributed by atoms with Crippen LogP contribution in [0.1, 0.15) is 0 Å². The molecule has 3 heteroatoms. The van der Waals surface area contributed by atoms with Crippen LogP contribution >= 0.6 is 15.9 Å². The molecule has 0 unspecified atom stereocenters. The van der Waals surface area contributed by atoms with Crippen LogP contribution in [0.5, 0.6) is 0 Å². The zero-order valence-electron chi connectivity index (χ0n) is 3.26. The Kier molecular flexibility index (Phi) is 1.19. The van der Waals surface area contributed by atoms with Gasteiger partial charge in [-0.1, -0.05) is 15.9 Å². The lowest BCUT2D eigenvalue weighted by atomic mass is 10.5. The van der Waals surface area contributed by atoms with Gasteiger partial charge in [-0.15, -0.1) is 0 Å². The van der Waals surface area contributed by atoms with Crippen LogP contribution in [0.25, 0.3) is 0 Å². The van der Waals surface area contributed by atoms with Crippen molar-refractivity contribution < 1.29 is 0 Å². The summed E-state index contributed by atoms with van der Waals surface area (Å²) in [4.78, 5) is 0.525. The number of halogens is 1. The number of nitrogens with zero attached hydrogens (tertiary/aromatic N) is 2. The van der Waals surface area contributed by atoms with E-state index in [0.717, 1.165) is 13.1 Å². The maximum atomic E-state index is 3.74. The molecule has 0 N–H and O–H groups in total. The normalized spacial score (nSPS) is 22.8. The summed E-state index contributed by atoms with van der Waals surface area (Å²) < 4.78 is 0. The largest absolute Gasteiger partial charge is 0.193 e. The molecule has 0 atom stereocenters. The van der Waals surface area contributed by atoms with Crippen LogP contribution in [0.15, 0.2) is 10.2 Å². The van der Waals surface area contributed by atoms with Crippen molar-refractivity contribution in [1.29, 1.82) is 0 Å². The van der Waals surface area contributed by atoms with Crippen molar-refractivity contribution in [3.63, 3.8) is 0 Å². The van der Waals surface area contributed by atoms with Crippen LogP contribution in [0, 0.1) is 0 Å². The Hall–Kier alpha value is 0.0800. The molecule has 0 spiro atoms. The van der Waals surface area contributed by atoms with E-state index in [1.807, 2.05) is 0 Å². The van der Waals surface area contributed by atoms with Gasteiger partial charge in [-0.3, -0.25) is 0 Å². The Bertz CT molecular complexity index is 63.2. The van der Waals surface area contributed by atoms with Crippen LogP contribution in [-0.4, -0.2) is 17.9 Å². The molecule has 34 valence electrons. The molecule has 0 amide bonds. The lowest BCUT2D eigenvalue weighted by molar-refractivity contribution is 1.02. The fourth-order valence-corrected chi connectivity index (χ4v) is 0.609. The van der Waals surface area contributed by atoms with Crippen LogP contribution < -0.4 is 0 Å². The van der Waals surface area contributed by atoms with Crippen molar-refractivity contribution in [2.75, 3.05) is 13.1 Å². The summed E-state index contributed by atoms with van der Waals surface area (Å²) in [5.41, 5.74) is 0. The maximum Gasteiger partial charge on any atom is 0.0742 e. The van der Waals surface area contributed by atoms with E-state index in [4.69, 9.17) is 0 Å². The first-order chi connectivity index (χ1) is 2.89. The van der Waals surface area contributed by atoms with E-state index in [1.165, 1.54) is 0 Å². The molecule has 0 bridgehead atoms. The minimum absolute atomic E-state index is 0.525. The first-order valence-electron chi connectivity index (χ1n) is 1.87. The third-order valence-corrected chi connectivity index (χ3v) is 1.24. The van der Waals surface area contributed by atoms with Gasteiger partial charge in [-0.2, -0.15) is 10.2 Å². The molecule has 2 nitrogen and oxygen atoms in total. The molecule has 1 rings (SSSR count). The molecule has 0 saturated carbocycles. The summed E-state index contributed by atoms with van der Waals surface area (Å²) in [5, 5.41) is 7.48. The van der Waals surface area contributed by atoms with Gasteiger partial charge in [0.1, 0.15) is 0 Å². The third kappa shape index (κ3) is 0.772. The standard InChI is InChI=1S/C3H5BrN2/c4-3-1-5-6-2-3/h3H,1-2H2. The molecule has 1 aliphatic heterocycles. The Morgan fingerprint density at radius 1 is 1.33 bits per heavy atom. The first kappa shape index (κ1) is 4.24. The second-order valence-corrected chi connectivity index (χ2v) is 2.54. The third-order valence-electron chi connectivity index (χ3n) is 0.660. The highest BCUT2D eigenvalue weighted by atomic mass is 79.9. The van der Waals surface area contributed by atoms with Gasteiger partial charge in [-0.25, -0.2) is 0 Å². The molecule has 0 aromatic heterocycles. The number of rotatable bonds is 0. The van der Waals surface area contributed by atoms with Crippen molar-refractivity contribution in [1.82, 2.24) is 0 Å². The number of alkyl halides is 1. The SMILES string of the molecule is BrC1CN=NC1. The van der Waals surface area contributed by atoms with E-state index >= 15 is 0 Å². The molecule has 0 aliphatic carbocycles. The van der Waals surface area contributed by atoms with Gasteiger partial charge in [0.05, 0.1) is 17.9 Å². The summed E-state index contributed by atoms with van der Waals surface area (Å²) in [6, 6.07) is 0. The smallest absolute Gasteiger partial charge is 0.0742 e. The predicted molar refractivity (Wildman–Crippen MR) is 27.3 cm³/mol. The molecule has 0 fully saturated rings. The Morgan fingerprint density at radius 3 is 2.00 bits per heavy atom. The lowest BCUT2D eigenvalue weighted by Gasteiger charge is -1.85. The van der Waals surface area contributed by atoms with Crippen LogP contribution in [-0.2, 0) is 0 Å². The minimum atomic E-state index is 0.525. The Labute approximate surface area is 44.8 Å². The van der Waals surface area contributed by atoms with Crippen molar-refractivity contribution in [2.45, 2.75) is 4.83 Å². The zero-order chi connectivity index (χ0) is 4.41. The lowest BCUT2D eigenvalue weighted by Crippen LogP contribution is -1.97. The molecular formula is C3H5BrN2. The van der Waals surface area contributed by atoms with E-state index in [9.17, 15) is 0 Å². The second-order valence-electron chi connectivity index (χ2n) is 1.25. The van der Waals surface area contributed by atoms with Crippen LogP contribution in [0.2, 0.25) is 0 Å². The molecule has 6 heavy (non-hydrogen) atoms. The van der Waals surface area contributed by atoms with Crippen LogP contribution in [0.3, 0.4) is 0 Å². The highest BCUT2D eigenvalue weighted by Gasteiger charge is 2.05. The van der Waals surface area contributed by atoms with Gasteiger partial charge >= 0.3 is 0 Å². The van der Waals surface area contributed by atoms with E-state index in [-0.39, 0.29) is 0 Å². The van der Waals surface area contributed by atoms with Gasteiger partial charge in [0, 0.05) is 0 Å². The summed E-state index contributed by atoms with van der Waals surface area (Å²) in [5.74, 6) is 0. The number of azo groups is 1. The van der Waals surface area contributed by atoms with Crippen molar-refractivity contribution in [3.8, 4) is 0 Å². The topological polar surface area (TPSA) is 24.7 Å². The first-order valence-corrected chi connectivity index (χ1v) is 2.78. The number of hydrogen-bond acceptors (Lipinski definition) is 2. The van der Waals surface area contributed by atoms with Gasteiger partial charge in [0.15, 0.2) is 0 Å². The summed E-state index contributed by atoms with van der Waals surface area (Å²) in [6.07, 6.45) is 0. The quantitative estimate of drug-likeness (QED) is 0.462. The maximum absolute atomic E-state index is 3.74.